The molecular formula is C15H16BrNO. The van der Waals surface area contributed by atoms with Gasteiger partial charge in [-0.2, -0.15) is 0 Å². The van der Waals surface area contributed by atoms with E-state index in [-0.39, 0.29) is 5.60 Å². The molecular weight excluding hydrogens is 290 g/mol. The standard InChI is InChI=1S/C15H16BrNO/c16-13-9-12-4-2-8-17-14(12)10-11(13)3-1-5-15(18)6-7-15/h2,4,8-10,18H,1,3,5-7H2. The fourth-order valence-electron chi connectivity index (χ4n) is 2.33. The Hall–Kier alpha value is -0.930. The Morgan fingerprint density at radius 2 is 2.17 bits per heavy atom. The highest BCUT2D eigenvalue weighted by Crippen LogP contribution is 2.39. The fourth-order valence-corrected chi connectivity index (χ4v) is 2.89. The van der Waals surface area contributed by atoms with Crippen LogP contribution in [-0.2, 0) is 6.42 Å². The van der Waals surface area contributed by atoms with Crippen molar-refractivity contribution in [3.05, 3.63) is 40.5 Å². The number of aryl methyl sites for hydroxylation is 1. The SMILES string of the molecule is OC1(CCCc2cc3ncccc3cc2Br)CC1. The van der Waals surface area contributed by atoms with Crippen molar-refractivity contribution in [1.82, 2.24) is 4.98 Å². The maximum Gasteiger partial charge on any atom is 0.0705 e. The Bertz CT molecular complexity index is 578. The second-order valence-corrected chi connectivity index (χ2v) is 6.07. The van der Waals surface area contributed by atoms with E-state index < -0.39 is 0 Å². The predicted octanol–water partition coefficient (Wildman–Crippen LogP) is 3.84. The monoisotopic (exact) mass is 305 g/mol. The summed E-state index contributed by atoms with van der Waals surface area (Å²) in [7, 11) is 0. The highest BCUT2D eigenvalue weighted by atomic mass is 79.9. The van der Waals surface area contributed by atoms with Gasteiger partial charge in [0.15, 0.2) is 0 Å². The molecule has 0 aliphatic heterocycles. The molecule has 1 aliphatic carbocycles. The predicted molar refractivity (Wildman–Crippen MR) is 76.6 cm³/mol. The van der Waals surface area contributed by atoms with Gasteiger partial charge in [0.1, 0.15) is 0 Å². The van der Waals surface area contributed by atoms with E-state index in [2.05, 4.69) is 39.1 Å². The Kier molecular flexibility index (Phi) is 3.12. The van der Waals surface area contributed by atoms with Crippen LogP contribution in [0.1, 0.15) is 31.2 Å². The van der Waals surface area contributed by atoms with E-state index in [1.54, 1.807) is 0 Å². The number of nitrogens with zero attached hydrogens (tertiary/aromatic N) is 1. The molecule has 3 rings (SSSR count). The molecule has 1 saturated carbocycles. The molecule has 0 radical (unpaired) electrons. The molecule has 94 valence electrons. The fraction of sp³-hybridized carbons (Fsp3) is 0.400. The zero-order chi connectivity index (χ0) is 12.6. The Balaban J connectivity index is 1.76. The average Bonchev–Trinajstić information content (AvgIpc) is 3.08. The van der Waals surface area contributed by atoms with Gasteiger partial charge in [0.25, 0.3) is 0 Å². The Morgan fingerprint density at radius 3 is 2.94 bits per heavy atom. The summed E-state index contributed by atoms with van der Waals surface area (Å²) in [5.41, 5.74) is 1.99. The Morgan fingerprint density at radius 1 is 1.33 bits per heavy atom. The minimum Gasteiger partial charge on any atom is -0.390 e. The van der Waals surface area contributed by atoms with E-state index in [0.29, 0.717) is 0 Å². The number of hydrogen-bond donors (Lipinski definition) is 1. The van der Waals surface area contributed by atoms with E-state index in [1.165, 1.54) is 5.56 Å². The summed E-state index contributed by atoms with van der Waals surface area (Å²) in [4.78, 5) is 4.38. The molecule has 1 aliphatic rings. The molecule has 18 heavy (non-hydrogen) atoms. The van der Waals surface area contributed by atoms with Gasteiger partial charge in [-0.05, 0) is 55.9 Å². The van der Waals surface area contributed by atoms with E-state index in [9.17, 15) is 5.11 Å². The number of aliphatic hydroxyl groups is 1. The number of benzene rings is 1. The molecule has 0 spiro atoms. The minimum absolute atomic E-state index is 0.332. The number of aromatic nitrogens is 1. The lowest BCUT2D eigenvalue weighted by Gasteiger charge is -2.09. The third-order valence-corrected chi connectivity index (χ3v) is 4.42. The zero-order valence-corrected chi connectivity index (χ0v) is 11.8. The lowest BCUT2D eigenvalue weighted by molar-refractivity contribution is 0.137. The first-order valence-electron chi connectivity index (χ1n) is 6.42. The molecule has 0 unspecified atom stereocenters. The van der Waals surface area contributed by atoms with Gasteiger partial charge >= 0.3 is 0 Å². The first kappa shape index (κ1) is 12.1. The van der Waals surface area contributed by atoms with Crippen LogP contribution < -0.4 is 0 Å². The maximum atomic E-state index is 9.82. The number of rotatable bonds is 4. The van der Waals surface area contributed by atoms with Crippen LogP contribution in [-0.4, -0.2) is 15.7 Å². The van der Waals surface area contributed by atoms with Crippen molar-refractivity contribution in [2.45, 2.75) is 37.7 Å². The van der Waals surface area contributed by atoms with Crippen LogP contribution in [0.4, 0.5) is 0 Å². The molecule has 1 heterocycles. The molecule has 1 aromatic heterocycles. The van der Waals surface area contributed by atoms with Crippen molar-refractivity contribution in [3.63, 3.8) is 0 Å². The van der Waals surface area contributed by atoms with Gasteiger partial charge in [-0.1, -0.05) is 22.0 Å². The lowest BCUT2D eigenvalue weighted by Crippen LogP contribution is -2.06. The summed E-state index contributed by atoms with van der Waals surface area (Å²) in [5.74, 6) is 0. The first-order valence-corrected chi connectivity index (χ1v) is 7.21. The second-order valence-electron chi connectivity index (χ2n) is 5.22. The van der Waals surface area contributed by atoms with Gasteiger partial charge in [0.2, 0.25) is 0 Å². The second kappa shape index (κ2) is 4.63. The third kappa shape index (κ3) is 2.57. The number of hydrogen-bond acceptors (Lipinski definition) is 2. The minimum atomic E-state index is -0.332. The van der Waals surface area contributed by atoms with Crippen molar-refractivity contribution in [2.24, 2.45) is 0 Å². The molecule has 0 saturated heterocycles. The van der Waals surface area contributed by atoms with Crippen LogP contribution in [0.3, 0.4) is 0 Å². The molecule has 0 atom stereocenters. The summed E-state index contributed by atoms with van der Waals surface area (Å²) >= 11 is 3.62. The lowest BCUT2D eigenvalue weighted by atomic mass is 10.0. The number of pyridine rings is 1. The molecule has 0 bridgehead atoms. The van der Waals surface area contributed by atoms with Gasteiger partial charge in [0, 0.05) is 16.1 Å². The Labute approximate surface area is 115 Å². The molecule has 1 aromatic carbocycles. The van der Waals surface area contributed by atoms with Crippen molar-refractivity contribution in [3.8, 4) is 0 Å². The van der Waals surface area contributed by atoms with Gasteiger partial charge < -0.3 is 5.11 Å². The van der Waals surface area contributed by atoms with Gasteiger partial charge in [0.05, 0.1) is 11.1 Å². The summed E-state index contributed by atoms with van der Waals surface area (Å²) in [6, 6.07) is 8.31. The van der Waals surface area contributed by atoms with Crippen molar-refractivity contribution >= 4 is 26.8 Å². The molecule has 3 heteroatoms. The van der Waals surface area contributed by atoms with E-state index >= 15 is 0 Å². The van der Waals surface area contributed by atoms with Gasteiger partial charge in [-0.15, -0.1) is 0 Å². The van der Waals surface area contributed by atoms with Gasteiger partial charge in [-0.25, -0.2) is 0 Å². The third-order valence-electron chi connectivity index (χ3n) is 3.69. The van der Waals surface area contributed by atoms with Crippen LogP contribution in [0.25, 0.3) is 10.9 Å². The van der Waals surface area contributed by atoms with Crippen molar-refractivity contribution in [1.29, 1.82) is 0 Å². The summed E-state index contributed by atoms with van der Waals surface area (Å²) in [5, 5.41) is 11.0. The van der Waals surface area contributed by atoms with E-state index in [4.69, 9.17) is 0 Å². The topological polar surface area (TPSA) is 33.1 Å². The molecule has 1 N–H and O–H groups in total. The van der Waals surface area contributed by atoms with Gasteiger partial charge in [-0.3, -0.25) is 4.98 Å². The smallest absolute Gasteiger partial charge is 0.0705 e. The number of fused-ring (bicyclic) bond motifs is 1. The van der Waals surface area contributed by atoms with Crippen molar-refractivity contribution in [2.75, 3.05) is 0 Å². The van der Waals surface area contributed by atoms with Crippen LogP contribution >= 0.6 is 15.9 Å². The molecule has 0 amide bonds. The maximum absolute atomic E-state index is 9.82. The van der Waals surface area contributed by atoms with Crippen molar-refractivity contribution < 1.29 is 5.11 Å². The number of halogens is 1. The quantitative estimate of drug-likeness (QED) is 0.931. The summed E-state index contributed by atoms with van der Waals surface area (Å²) in [6.07, 6.45) is 6.73. The highest BCUT2D eigenvalue weighted by Gasteiger charge is 2.39. The largest absolute Gasteiger partial charge is 0.390 e. The first-order chi connectivity index (χ1) is 8.66. The molecule has 2 nitrogen and oxygen atoms in total. The van der Waals surface area contributed by atoms with E-state index in [1.807, 2.05) is 12.3 Å². The van der Waals surface area contributed by atoms with Crippen LogP contribution in [0.15, 0.2) is 34.9 Å². The van der Waals surface area contributed by atoms with Crippen LogP contribution in [0.2, 0.25) is 0 Å². The highest BCUT2D eigenvalue weighted by molar-refractivity contribution is 9.10. The van der Waals surface area contributed by atoms with Crippen LogP contribution in [0, 0.1) is 0 Å². The summed E-state index contributed by atoms with van der Waals surface area (Å²) in [6.45, 7) is 0. The average molecular weight is 306 g/mol. The molecule has 2 aromatic rings. The molecule has 1 fully saturated rings. The van der Waals surface area contributed by atoms with Crippen LogP contribution in [0.5, 0.6) is 0 Å². The van der Waals surface area contributed by atoms with E-state index in [0.717, 1.165) is 47.5 Å². The zero-order valence-electron chi connectivity index (χ0n) is 10.2. The summed E-state index contributed by atoms with van der Waals surface area (Å²) < 4.78 is 1.14. The normalized spacial score (nSPS) is 17.0.